The summed E-state index contributed by atoms with van der Waals surface area (Å²) < 4.78 is 0. The normalized spacial score (nSPS) is 20.0. The van der Waals surface area contributed by atoms with E-state index < -0.39 is 0 Å². The van der Waals surface area contributed by atoms with E-state index in [0.29, 0.717) is 0 Å². The molecule has 0 radical (unpaired) electrons. The highest BCUT2D eigenvalue weighted by Crippen LogP contribution is 2.45. The van der Waals surface area contributed by atoms with Gasteiger partial charge in [-0.15, -0.1) is 0 Å². The lowest BCUT2D eigenvalue weighted by Gasteiger charge is -2.11. The van der Waals surface area contributed by atoms with Gasteiger partial charge in [0.15, 0.2) is 0 Å². The highest BCUT2D eigenvalue weighted by molar-refractivity contribution is 5.25. The van der Waals surface area contributed by atoms with Crippen molar-refractivity contribution in [3.05, 3.63) is 11.1 Å². The van der Waals surface area contributed by atoms with E-state index in [0.717, 1.165) is 5.92 Å². The molecule has 2 rings (SSSR count). The number of fused-ring (bicyclic) bond motifs is 2. The van der Waals surface area contributed by atoms with E-state index in [1.54, 1.807) is 0 Å². The fourth-order valence-electron chi connectivity index (χ4n) is 4.73. The molecule has 0 saturated heterocycles. The van der Waals surface area contributed by atoms with Gasteiger partial charge in [0.2, 0.25) is 0 Å². The van der Waals surface area contributed by atoms with Gasteiger partial charge in [-0.2, -0.15) is 0 Å². The molecule has 2 aliphatic carbocycles. The first kappa shape index (κ1) is 19.1. The number of unbranched alkanes of at least 4 members (excludes halogenated alkanes) is 13. The van der Waals surface area contributed by atoms with Crippen LogP contribution < -0.4 is 0 Å². The van der Waals surface area contributed by atoms with Crippen LogP contribution in [-0.4, -0.2) is 0 Å². The Hall–Kier alpha value is -0.260. The summed E-state index contributed by atoms with van der Waals surface area (Å²) in [5.74, 6) is 1.08. The first-order valence-electron chi connectivity index (χ1n) is 11.1. The van der Waals surface area contributed by atoms with Crippen molar-refractivity contribution in [3.63, 3.8) is 0 Å². The Morgan fingerprint density at radius 1 is 0.652 bits per heavy atom. The summed E-state index contributed by atoms with van der Waals surface area (Å²) >= 11 is 0. The standard InChI is InChI=1S/C23H42/c1-2-3-4-5-6-7-8-9-10-11-12-13-14-15-16-22-19-21-17-18-23(22)20-21/h21H,2-20H2,1H3. The second kappa shape index (κ2) is 12.2. The minimum absolute atomic E-state index is 1.08. The Balaban J connectivity index is 1.27. The summed E-state index contributed by atoms with van der Waals surface area (Å²) in [4.78, 5) is 0. The molecular formula is C23H42. The zero-order chi connectivity index (χ0) is 16.2. The molecular weight excluding hydrogens is 276 g/mol. The lowest BCUT2D eigenvalue weighted by Crippen LogP contribution is -1.94. The highest BCUT2D eigenvalue weighted by atomic mass is 14.3. The van der Waals surface area contributed by atoms with E-state index in [9.17, 15) is 0 Å². The van der Waals surface area contributed by atoms with Gasteiger partial charge in [0.25, 0.3) is 0 Å². The molecule has 0 heteroatoms. The van der Waals surface area contributed by atoms with Crippen molar-refractivity contribution in [1.29, 1.82) is 0 Å². The lowest BCUT2D eigenvalue weighted by molar-refractivity contribution is 0.527. The maximum absolute atomic E-state index is 2.30. The Morgan fingerprint density at radius 3 is 1.61 bits per heavy atom. The van der Waals surface area contributed by atoms with Crippen molar-refractivity contribution in [1.82, 2.24) is 0 Å². The van der Waals surface area contributed by atoms with Crippen LogP contribution in [0.5, 0.6) is 0 Å². The smallest absolute Gasteiger partial charge is 0.0286 e. The molecule has 0 N–H and O–H groups in total. The van der Waals surface area contributed by atoms with E-state index in [1.807, 2.05) is 11.1 Å². The number of allylic oxidation sites excluding steroid dienone is 2. The van der Waals surface area contributed by atoms with Crippen molar-refractivity contribution in [2.45, 2.75) is 129 Å². The van der Waals surface area contributed by atoms with Crippen LogP contribution in [0, 0.1) is 5.92 Å². The molecule has 0 aromatic rings. The van der Waals surface area contributed by atoms with E-state index in [2.05, 4.69) is 6.92 Å². The maximum Gasteiger partial charge on any atom is -0.0286 e. The molecule has 1 unspecified atom stereocenters. The molecule has 23 heavy (non-hydrogen) atoms. The quantitative estimate of drug-likeness (QED) is 0.210. The minimum atomic E-state index is 1.08. The number of rotatable bonds is 15. The minimum Gasteiger partial charge on any atom is -0.0707 e. The summed E-state index contributed by atoms with van der Waals surface area (Å²) in [5.41, 5.74) is 3.77. The molecule has 0 aliphatic heterocycles. The third kappa shape index (κ3) is 7.90. The predicted molar refractivity (Wildman–Crippen MR) is 104 cm³/mol. The van der Waals surface area contributed by atoms with E-state index >= 15 is 0 Å². The number of hydrogen-bond acceptors (Lipinski definition) is 0. The zero-order valence-electron chi connectivity index (χ0n) is 16.0. The van der Waals surface area contributed by atoms with Crippen LogP contribution >= 0.6 is 0 Å². The van der Waals surface area contributed by atoms with E-state index in [4.69, 9.17) is 0 Å². The molecule has 0 spiro atoms. The monoisotopic (exact) mass is 318 g/mol. The average Bonchev–Trinajstić information content (AvgIpc) is 3.18. The summed E-state index contributed by atoms with van der Waals surface area (Å²) in [6.07, 6.45) is 28.0. The van der Waals surface area contributed by atoms with Crippen molar-refractivity contribution < 1.29 is 0 Å². The summed E-state index contributed by atoms with van der Waals surface area (Å²) in [6.45, 7) is 2.30. The largest absolute Gasteiger partial charge is 0.0707 e. The summed E-state index contributed by atoms with van der Waals surface area (Å²) in [5, 5.41) is 0. The molecule has 0 heterocycles. The Kier molecular flexibility index (Phi) is 10.1. The molecule has 1 atom stereocenters. The van der Waals surface area contributed by atoms with Crippen molar-refractivity contribution in [2.75, 3.05) is 0 Å². The van der Waals surface area contributed by atoms with Gasteiger partial charge in [0.05, 0.1) is 0 Å². The molecule has 1 saturated carbocycles. The SMILES string of the molecule is CCCCCCCCCCCCCCCCC1=C2CCC(C1)C2. The molecule has 2 aliphatic rings. The lowest BCUT2D eigenvalue weighted by atomic mass is 9.95. The molecule has 0 aromatic heterocycles. The second-order valence-electron chi connectivity index (χ2n) is 8.37. The third-order valence-corrected chi connectivity index (χ3v) is 6.26. The van der Waals surface area contributed by atoms with Gasteiger partial charge in [-0.3, -0.25) is 0 Å². The van der Waals surface area contributed by atoms with Crippen molar-refractivity contribution >= 4 is 0 Å². The van der Waals surface area contributed by atoms with Crippen LogP contribution in [0.15, 0.2) is 11.1 Å². The topological polar surface area (TPSA) is 0 Å². The van der Waals surface area contributed by atoms with Gasteiger partial charge >= 0.3 is 0 Å². The molecule has 0 aromatic carbocycles. The average molecular weight is 319 g/mol. The fraction of sp³-hybridized carbons (Fsp3) is 0.913. The highest BCUT2D eigenvalue weighted by Gasteiger charge is 2.29. The van der Waals surface area contributed by atoms with E-state index in [1.165, 1.54) is 122 Å². The molecule has 134 valence electrons. The Labute approximate surface area is 146 Å². The van der Waals surface area contributed by atoms with Gasteiger partial charge < -0.3 is 0 Å². The molecule has 0 amide bonds. The first-order chi connectivity index (χ1) is 11.4. The third-order valence-electron chi connectivity index (χ3n) is 6.26. The predicted octanol–water partition coefficient (Wildman–Crippen LogP) is 8.36. The van der Waals surface area contributed by atoms with E-state index in [-0.39, 0.29) is 0 Å². The van der Waals surface area contributed by atoms with Gasteiger partial charge in [-0.25, -0.2) is 0 Å². The Morgan fingerprint density at radius 2 is 1.17 bits per heavy atom. The van der Waals surface area contributed by atoms with Gasteiger partial charge in [-0.1, -0.05) is 102 Å². The van der Waals surface area contributed by atoms with Gasteiger partial charge in [0.1, 0.15) is 0 Å². The summed E-state index contributed by atoms with van der Waals surface area (Å²) in [7, 11) is 0. The molecule has 1 fully saturated rings. The zero-order valence-corrected chi connectivity index (χ0v) is 16.0. The van der Waals surface area contributed by atoms with Gasteiger partial charge in [-0.05, 0) is 44.4 Å². The maximum atomic E-state index is 2.30. The van der Waals surface area contributed by atoms with Crippen LogP contribution in [0.4, 0.5) is 0 Å². The second-order valence-corrected chi connectivity index (χ2v) is 8.37. The van der Waals surface area contributed by atoms with Crippen LogP contribution in [-0.2, 0) is 0 Å². The molecule has 2 bridgehead atoms. The first-order valence-corrected chi connectivity index (χ1v) is 11.1. The number of hydrogen-bond donors (Lipinski definition) is 0. The van der Waals surface area contributed by atoms with Crippen LogP contribution in [0.3, 0.4) is 0 Å². The van der Waals surface area contributed by atoms with Crippen molar-refractivity contribution in [3.8, 4) is 0 Å². The molecule has 0 nitrogen and oxygen atoms in total. The summed E-state index contributed by atoms with van der Waals surface area (Å²) in [6, 6.07) is 0. The fourth-order valence-corrected chi connectivity index (χ4v) is 4.73. The van der Waals surface area contributed by atoms with Crippen LogP contribution in [0.2, 0.25) is 0 Å². The van der Waals surface area contributed by atoms with Crippen molar-refractivity contribution in [2.24, 2.45) is 5.92 Å². The van der Waals surface area contributed by atoms with Gasteiger partial charge in [0, 0.05) is 0 Å². The Bertz CT molecular complexity index is 325. The van der Waals surface area contributed by atoms with Crippen LogP contribution in [0.25, 0.3) is 0 Å². The van der Waals surface area contributed by atoms with Crippen LogP contribution in [0.1, 0.15) is 129 Å².